The Hall–Kier alpha value is -1.30. The number of aromatic nitrogens is 2. The Kier molecular flexibility index (Phi) is 4.41. The van der Waals surface area contributed by atoms with Crippen molar-refractivity contribution < 1.29 is 14.3 Å². The molecule has 1 aromatic heterocycles. The third-order valence-electron chi connectivity index (χ3n) is 2.10. The van der Waals surface area contributed by atoms with E-state index in [9.17, 15) is 0 Å². The summed E-state index contributed by atoms with van der Waals surface area (Å²) in [7, 11) is 0. The number of hydrogen-bond donors (Lipinski definition) is 1. The van der Waals surface area contributed by atoms with Crippen LogP contribution in [0.3, 0.4) is 0 Å². The second-order valence-corrected chi connectivity index (χ2v) is 4.19. The molecule has 0 saturated carbocycles. The maximum atomic E-state index is 8.71. The first kappa shape index (κ1) is 13.1. The van der Waals surface area contributed by atoms with Gasteiger partial charge in [-0.05, 0) is 12.1 Å². The molecule has 0 amide bonds. The zero-order valence-electron chi connectivity index (χ0n) is 9.27. The van der Waals surface area contributed by atoms with Gasteiger partial charge in [0.2, 0.25) is 5.89 Å². The molecule has 96 valence electrons. The molecule has 0 bridgehead atoms. The first-order valence-electron chi connectivity index (χ1n) is 5.19. The highest BCUT2D eigenvalue weighted by Crippen LogP contribution is 2.31. The molecule has 5 nitrogen and oxygen atoms in total. The number of aliphatic hydroxyl groups is 1. The van der Waals surface area contributed by atoms with Crippen LogP contribution in [0.25, 0.3) is 0 Å². The summed E-state index contributed by atoms with van der Waals surface area (Å²) in [6.45, 7) is 0.0566. The average Bonchev–Trinajstić information content (AvgIpc) is 2.79. The minimum Gasteiger partial charge on any atom is -0.482 e. The van der Waals surface area contributed by atoms with Crippen molar-refractivity contribution in [3.05, 3.63) is 40.0 Å². The van der Waals surface area contributed by atoms with Crippen molar-refractivity contribution in [2.45, 2.75) is 13.0 Å². The standard InChI is InChI=1S/C11H10Cl2N2O3/c12-7-2-1-3-8(11(7)13)17-6-10-15-14-9(18-10)4-5-16/h1-3,16H,4-6H2. The number of halogens is 2. The van der Waals surface area contributed by atoms with Crippen LogP contribution < -0.4 is 4.74 Å². The van der Waals surface area contributed by atoms with Crippen LogP contribution in [0.5, 0.6) is 5.75 Å². The maximum Gasteiger partial charge on any atom is 0.253 e. The lowest BCUT2D eigenvalue weighted by Crippen LogP contribution is -1.96. The van der Waals surface area contributed by atoms with E-state index in [1.165, 1.54) is 0 Å². The molecular formula is C11H10Cl2N2O3. The van der Waals surface area contributed by atoms with E-state index >= 15 is 0 Å². The molecule has 0 radical (unpaired) electrons. The molecule has 18 heavy (non-hydrogen) atoms. The van der Waals surface area contributed by atoms with Crippen LogP contribution in [0, 0.1) is 0 Å². The van der Waals surface area contributed by atoms with Crippen LogP contribution in [0.1, 0.15) is 11.8 Å². The van der Waals surface area contributed by atoms with Gasteiger partial charge in [-0.25, -0.2) is 0 Å². The molecular weight excluding hydrogens is 279 g/mol. The fourth-order valence-corrected chi connectivity index (χ4v) is 1.62. The quantitative estimate of drug-likeness (QED) is 0.915. The molecule has 1 heterocycles. The Balaban J connectivity index is 2.00. The van der Waals surface area contributed by atoms with Crippen molar-refractivity contribution in [3.63, 3.8) is 0 Å². The predicted octanol–water partition coefficient (Wildman–Crippen LogP) is 2.49. The van der Waals surface area contributed by atoms with Crippen molar-refractivity contribution in [2.24, 2.45) is 0 Å². The minimum atomic E-state index is -0.0391. The van der Waals surface area contributed by atoms with Crippen LogP contribution in [0.2, 0.25) is 10.0 Å². The SMILES string of the molecule is OCCc1nnc(COc2cccc(Cl)c2Cl)o1. The zero-order chi connectivity index (χ0) is 13.0. The van der Waals surface area contributed by atoms with Gasteiger partial charge in [-0.1, -0.05) is 29.3 Å². The summed E-state index contributed by atoms with van der Waals surface area (Å²) in [5, 5.41) is 17.0. The second kappa shape index (κ2) is 6.04. The van der Waals surface area contributed by atoms with Crippen molar-refractivity contribution in [1.82, 2.24) is 10.2 Å². The average molecular weight is 289 g/mol. The van der Waals surface area contributed by atoms with Gasteiger partial charge in [0, 0.05) is 6.42 Å². The molecule has 2 rings (SSSR count). The normalized spacial score (nSPS) is 10.6. The zero-order valence-corrected chi connectivity index (χ0v) is 10.8. The largest absolute Gasteiger partial charge is 0.482 e. The molecule has 0 saturated heterocycles. The second-order valence-electron chi connectivity index (χ2n) is 3.40. The minimum absolute atomic E-state index is 0.0391. The monoisotopic (exact) mass is 288 g/mol. The van der Waals surface area contributed by atoms with E-state index in [1.54, 1.807) is 18.2 Å². The molecule has 0 unspecified atom stereocenters. The van der Waals surface area contributed by atoms with Crippen molar-refractivity contribution in [2.75, 3.05) is 6.61 Å². The van der Waals surface area contributed by atoms with Crippen LogP contribution in [0.4, 0.5) is 0 Å². The summed E-state index contributed by atoms with van der Waals surface area (Å²) in [6.07, 6.45) is 0.324. The summed E-state index contributed by atoms with van der Waals surface area (Å²) in [4.78, 5) is 0. The number of nitrogens with zero attached hydrogens (tertiary/aromatic N) is 2. The molecule has 0 aliphatic rings. The molecule has 0 aliphatic carbocycles. The van der Waals surface area contributed by atoms with Crippen LogP contribution in [0.15, 0.2) is 22.6 Å². The first-order chi connectivity index (χ1) is 8.70. The Morgan fingerprint density at radius 2 is 2.00 bits per heavy atom. The van der Waals surface area contributed by atoms with Gasteiger partial charge in [0.25, 0.3) is 5.89 Å². The van der Waals surface area contributed by atoms with Crippen molar-refractivity contribution >= 4 is 23.2 Å². The molecule has 1 aromatic carbocycles. The van der Waals surface area contributed by atoms with E-state index in [0.29, 0.717) is 34.0 Å². The Labute approximate surface area is 113 Å². The summed E-state index contributed by atoms with van der Waals surface area (Å²) < 4.78 is 10.7. The smallest absolute Gasteiger partial charge is 0.253 e. The topological polar surface area (TPSA) is 68.4 Å². The molecule has 0 aliphatic heterocycles. The van der Waals surface area contributed by atoms with Crippen LogP contribution >= 0.6 is 23.2 Å². The maximum absolute atomic E-state index is 8.71. The summed E-state index contributed by atoms with van der Waals surface area (Å²) >= 11 is 11.8. The summed E-state index contributed by atoms with van der Waals surface area (Å²) in [5.41, 5.74) is 0. The lowest BCUT2D eigenvalue weighted by Gasteiger charge is -2.06. The van der Waals surface area contributed by atoms with E-state index in [-0.39, 0.29) is 13.2 Å². The lowest BCUT2D eigenvalue weighted by atomic mass is 10.3. The molecule has 2 aromatic rings. The van der Waals surface area contributed by atoms with Gasteiger partial charge in [0.05, 0.1) is 11.6 Å². The van der Waals surface area contributed by atoms with E-state index in [1.807, 2.05) is 0 Å². The van der Waals surface area contributed by atoms with E-state index in [2.05, 4.69) is 10.2 Å². The van der Waals surface area contributed by atoms with Gasteiger partial charge >= 0.3 is 0 Å². The first-order valence-corrected chi connectivity index (χ1v) is 5.95. The van der Waals surface area contributed by atoms with E-state index in [0.717, 1.165) is 0 Å². The highest BCUT2D eigenvalue weighted by molar-refractivity contribution is 6.42. The predicted molar refractivity (Wildman–Crippen MR) is 65.9 cm³/mol. The highest BCUT2D eigenvalue weighted by Gasteiger charge is 2.09. The van der Waals surface area contributed by atoms with Crippen LogP contribution in [-0.4, -0.2) is 21.9 Å². The molecule has 0 atom stereocenters. The molecule has 0 fully saturated rings. The van der Waals surface area contributed by atoms with Gasteiger partial charge in [-0.15, -0.1) is 10.2 Å². The number of ether oxygens (including phenoxy) is 1. The van der Waals surface area contributed by atoms with Gasteiger partial charge in [0.1, 0.15) is 10.8 Å². The van der Waals surface area contributed by atoms with Crippen molar-refractivity contribution in [1.29, 1.82) is 0 Å². The van der Waals surface area contributed by atoms with Gasteiger partial charge in [-0.3, -0.25) is 0 Å². The summed E-state index contributed by atoms with van der Waals surface area (Å²) in [5.74, 6) is 1.13. The third kappa shape index (κ3) is 3.13. The Bertz CT molecular complexity index is 531. The number of aliphatic hydroxyl groups excluding tert-OH is 1. The Morgan fingerprint density at radius 1 is 1.22 bits per heavy atom. The number of benzene rings is 1. The molecule has 1 N–H and O–H groups in total. The van der Waals surface area contributed by atoms with E-state index in [4.69, 9.17) is 37.5 Å². The van der Waals surface area contributed by atoms with Gasteiger partial charge < -0.3 is 14.3 Å². The summed E-state index contributed by atoms with van der Waals surface area (Å²) in [6, 6.07) is 5.09. The van der Waals surface area contributed by atoms with Crippen LogP contribution in [-0.2, 0) is 13.0 Å². The van der Waals surface area contributed by atoms with Gasteiger partial charge in [-0.2, -0.15) is 0 Å². The fourth-order valence-electron chi connectivity index (χ4n) is 1.28. The Morgan fingerprint density at radius 3 is 2.78 bits per heavy atom. The van der Waals surface area contributed by atoms with Crippen molar-refractivity contribution in [3.8, 4) is 5.75 Å². The fraction of sp³-hybridized carbons (Fsp3) is 0.273. The molecule has 0 spiro atoms. The van der Waals surface area contributed by atoms with Gasteiger partial charge in [0.15, 0.2) is 6.61 Å². The third-order valence-corrected chi connectivity index (χ3v) is 2.90. The molecule has 7 heteroatoms. The number of hydrogen-bond acceptors (Lipinski definition) is 5. The van der Waals surface area contributed by atoms with E-state index < -0.39 is 0 Å². The highest BCUT2D eigenvalue weighted by atomic mass is 35.5. The lowest BCUT2D eigenvalue weighted by molar-refractivity contribution is 0.250. The number of rotatable bonds is 5.